The Morgan fingerprint density at radius 1 is 1.00 bits per heavy atom. The van der Waals surface area contributed by atoms with Crippen molar-refractivity contribution in [2.45, 2.75) is 30.5 Å². The second-order valence-corrected chi connectivity index (χ2v) is 8.50. The summed E-state index contributed by atoms with van der Waals surface area (Å²) in [6, 6.07) is 20.7. The molecule has 0 spiro atoms. The van der Waals surface area contributed by atoms with Gasteiger partial charge in [-0.2, -0.15) is 0 Å². The number of fused-ring (bicyclic) bond motifs is 1. The van der Waals surface area contributed by atoms with Crippen LogP contribution in [0, 0.1) is 6.92 Å². The molecule has 4 nitrogen and oxygen atoms in total. The van der Waals surface area contributed by atoms with Crippen LogP contribution in [0.25, 0.3) is 10.9 Å². The number of para-hydroxylation sites is 1. The highest BCUT2D eigenvalue weighted by atomic mass is 32.2. The minimum absolute atomic E-state index is 0.0115. The Kier molecular flexibility index (Phi) is 5.41. The number of hydrogen-bond acceptors (Lipinski definition) is 3. The second-order valence-electron chi connectivity index (χ2n) is 6.89. The predicted octanol–water partition coefficient (Wildman–Crippen LogP) is 5.29. The lowest BCUT2D eigenvalue weighted by molar-refractivity contribution is 0.103. The summed E-state index contributed by atoms with van der Waals surface area (Å²) in [6.07, 6.45) is 3.99. The van der Waals surface area contributed by atoms with Crippen molar-refractivity contribution in [2.24, 2.45) is 0 Å². The van der Waals surface area contributed by atoms with Crippen molar-refractivity contribution in [1.29, 1.82) is 0 Å². The SMILES string of the molecule is CCC(n1c(C)c(C(=O)c2ccccc2)c2ccccc21)S(=O)c1ccncc1. The van der Waals surface area contributed by atoms with Gasteiger partial charge in [-0.25, -0.2) is 0 Å². The van der Waals surface area contributed by atoms with Gasteiger partial charge in [0.25, 0.3) is 0 Å². The van der Waals surface area contributed by atoms with Gasteiger partial charge in [-0.3, -0.25) is 14.0 Å². The maximum absolute atomic E-state index is 13.4. The lowest BCUT2D eigenvalue weighted by Crippen LogP contribution is -2.16. The van der Waals surface area contributed by atoms with Crippen LogP contribution < -0.4 is 0 Å². The first kappa shape index (κ1) is 19.3. The molecule has 0 aliphatic rings. The Labute approximate surface area is 172 Å². The highest BCUT2D eigenvalue weighted by Gasteiger charge is 2.27. The molecule has 2 heterocycles. The molecule has 4 aromatic rings. The minimum atomic E-state index is -1.27. The Hall–Kier alpha value is -3.05. The van der Waals surface area contributed by atoms with E-state index in [9.17, 15) is 9.00 Å². The Balaban J connectivity index is 1.90. The van der Waals surface area contributed by atoms with Crippen LogP contribution in [0.4, 0.5) is 0 Å². The Bertz CT molecular complexity index is 1180. The summed E-state index contributed by atoms with van der Waals surface area (Å²) in [5, 5.41) is 0.614. The van der Waals surface area contributed by atoms with Gasteiger partial charge in [-0.15, -0.1) is 0 Å². The maximum Gasteiger partial charge on any atom is 0.195 e. The lowest BCUT2D eigenvalue weighted by atomic mass is 10.0. The van der Waals surface area contributed by atoms with E-state index in [1.807, 2.05) is 68.4 Å². The molecule has 2 aromatic heterocycles. The van der Waals surface area contributed by atoms with Gasteiger partial charge in [0, 0.05) is 33.9 Å². The molecule has 2 aromatic carbocycles. The molecule has 0 radical (unpaired) electrons. The molecule has 0 saturated carbocycles. The summed E-state index contributed by atoms with van der Waals surface area (Å²) in [6.45, 7) is 3.97. The van der Waals surface area contributed by atoms with Crippen molar-refractivity contribution in [2.75, 3.05) is 0 Å². The molecule has 0 N–H and O–H groups in total. The van der Waals surface area contributed by atoms with Crippen LogP contribution in [0.1, 0.15) is 40.3 Å². The number of carbonyl (C=O) groups excluding carboxylic acids is 1. The van der Waals surface area contributed by atoms with Gasteiger partial charge in [0.05, 0.1) is 21.9 Å². The smallest absolute Gasteiger partial charge is 0.195 e. The molecule has 0 amide bonds. The zero-order chi connectivity index (χ0) is 20.4. The van der Waals surface area contributed by atoms with Crippen LogP contribution in [-0.4, -0.2) is 19.5 Å². The molecule has 0 fully saturated rings. The minimum Gasteiger partial charge on any atom is -0.329 e. The molecule has 146 valence electrons. The number of rotatable bonds is 6. The third-order valence-electron chi connectivity index (χ3n) is 5.19. The van der Waals surface area contributed by atoms with Crippen LogP contribution >= 0.6 is 0 Å². The zero-order valence-corrected chi connectivity index (χ0v) is 17.2. The molecule has 4 rings (SSSR count). The number of pyridine rings is 1. The number of ketones is 1. The van der Waals surface area contributed by atoms with Gasteiger partial charge in [0.15, 0.2) is 5.78 Å². The Morgan fingerprint density at radius 2 is 1.66 bits per heavy atom. The van der Waals surface area contributed by atoms with Crippen LogP contribution in [0.15, 0.2) is 84.0 Å². The summed E-state index contributed by atoms with van der Waals surface area (Å²) < 4.78 is 15.5. The summed E-state index contributed by atoms with van der Waals surface area (Å²) in [7, 11) is -1.27. The van der Waals surface area contributed by atoms with E-state index in [0.29, 0.717) is 17.5 Å². The molecule has 0 aliphatic heterocycles. The van der Waals surface area contributed by atoms with E-state index >= 15 is 0 Å². The zero-order valence-electron chi connectivity index (χ0n) is 16.4. The summed E-state index contributed by atoms with van der Waals surface area (Å²) in [4.78, 5) is 18.1. The topological polar surface area (TPSA) is 52.0 Å². The van der Waals surface area contributed by atoms with Crippen molar-refractivity contribution in [1.82, 2.24) is 9.55 Å². The molecule has 0 aliphatic carbocycles. The number of aromatic nitrogens is 2. The van der Waals surface area contributed by atoms with Gasteiger partial charge < -0.3 is 4.57 Å². The van der Waals surface area contributed by atoms with Crippen molar-refractivity contribution < 1.29 is 9.00 Å². The monoisotopic (exact) mass is 402 g/mol. The fourth-order valence-electron chi connectivity index (χ4n) is 3.84. The third kappa shape index (κ3) is 3.42. The van der Waals surface area contributed by atoms with Gasteiger partial charge in [-0.05, 0) is 31.5 Å². The predicted molar refractivity (Wildman–Crippen MR) is 117 cm³/mol. The first-order chi connectivity index (χ1) is 14.1. The normalized spacial score (nSPS) is 13.3. The van der Waals surface area contributed by atoms with E-state index in [1.165, 1.54) is 0 Å². The Morgan fingerprint density at radius 3 is 2.34 bits per heavy atom. The standard InChI is InChI=1S/C24H22N2O2S/c1-3-22(29(28)19-13-15-25-16-14-19)26-17(2)23(20-11-7-8-12-21(20)26)24(27)18-9-5-4-6-10-18/h4-16,22H,3H2,1-2H3. The van der Waals surface area contributed by atoms with E-state index in [-0.39, 0.29) is 11.2 Å². The van der Waals surface area contributed by atoms with Crippen LogP contribution in [0.2, 0.25) is 0 Å². The van der Waals surface area contributed by atoms with Crippen molar-refractivity contribution >= 4 is 27.5 Å². The number of benzene rings is 2. The first-order valence-electron chi connectivity index (χ1n) is 9.63. The van der Waals surface area contributed by atoms with Crippen LogP contribution in [0.5, 0.6) is 0 Å². The van der Waals surface area contributed by atoms with E-state index in [4.69, 9.17) is 0 Å². The van der Waals surface area contributed by atoms with E-state index < -0.39 is 10.8 Å². The first-order valence-corrected chi connectivity index (χ1v) is 10.8. The molecule has 5 heteroatoms. The molecule has 0 saturated heterocycles. The fourth-order valence-corrected chi connectivity index (χ4v) is 5.31. The molecular formula is C24H22N2O2S. The average molecular weight is 403 g/mol. The van der Waals surface area contributed by atoms with E-state index in [2.05, 4.69) is 9.55 Å². The fraction of sp³-hybridized carbons (Fsp3) is 0.167. The molecule has 2 atom stereocenters. The maximum atomic E-state index is 13.4. The van der Waals surface area contributed by atoms with Crippen LogP contribution in [0.3, 0.4) is 0 Å². The summed E-state index contributed by atoms with van der Waals surface area (Å²) >= 11 is 0. The average Bonchev–Trinajstić information content (AvgIpc) is 3.07. The molecule has 0 bridgehead atoms. The summed E-state index contributed by atoms with van der Waals surface area (Å²) in [5.74, 6) is -0.0115. The largest absolute Gasteiger partial charge is 0.329 e. The number of nitrogens with zero attached hydrogens (tertiary/aromatic N) is 2. The van der Waals surface area contributed by atoms with Gasteiger partial charge >= 0.3 is 0 Å². The van der Waals surface area contributed by atoms with Crippen molar-refractivity contribution in [3.8, 4) is 0 Å². The molecular weight excluding hydrogens is 380 g/mol. The highest BCUT2D eigenvalue weighted by molar-refractivity contribution is 7.85. The van der Waals surface area contributed by atoms with E-state index in [1.54, 1.807) is 24.5 Å². The van der Waals surface area contributed by atoms with Gasteiger partial charge in [0.2, 0.25) is 0 Å². The van der Waals surface area contributed by atoms with Gasteiger partial charge in [-0.1, -0.05) is 55.5 Å². The van der Waals surface area contributed by atoms with Crippen molar-refractivity contribution in [3.63, 3.8) is 0 Å². The second kappa shape index (κ2) is 8.13. The highest BCUT2D eigenvalue weighted by Crippen LogP contribution is 2.34. The van der Waals surface area contributed by atoms with Crippen LogP contribution in [-0.2, 0) is 10.8 Å². The quantitative estimate of drug-likeness (QED) is 0.412. The molecule has 29 heavy (non-hydrogen) atoms. The molecule has 2 unspecified atom stereocenters. The number of hydrogen-bond donors (Lipinski definition) is 0. The number of carbonyl (C=O) groups is 1. The van der Waals surface area contributed by atoms with Crippen molar-refractivity contribution in [3.05, 3.63) is 95.9 Å². The van der Waals surface area contributed by atoms with Gasteiger partial charge in [0.1, 0.15) is 5.37 Å². The third-order valence-corrected chi connectivity index (χ3v) is 6.96. The summed E-state index contributed by atoms with van der Waals surface area (Å²) in [5.41, 5.74) is 3.10. The van der Waals surface area contributed by atoms with E-state index in [0.717, 1.165) is 21.5 Å². The lowest BCUT2D eigenvalue weighted by Gasteiger charge is -2.20.